The van der Waals surface area contributed by atoms with Gasteiger partial charge in [0.25, 0.3) is 0 Å². The second-order valence-corrected chi connectivity index (χ2v) is 5.32. The van der Waals surface area contributed by atoms with Gasteiger partial charge in [0.1, 0.15) is 9.88 Å². The Labute approximate surface area is 114 Å². The SMILES string of the molecule is C[C@H]1CN(Cc2ncc(C(F)(F)F)s2)CCN1.Cl. The lowest BCUT2D eigenvalue weighted by atomic mass is 10.2. The molecule has 1 atom stereocenters. The van der Waals surface area contributed by atoms with E-state index in [1.165, 1.54) is 0 Å². The van der Waals surface area contributed by atoms with Crippen LogP contribution in [0.2, 0.25) is 0 Å². The maximum atomic E-state index is 12.4. The first-order chi connectivity index (χ1) is 7.95. The van der Waals surface area contributed by atoms with Gasteiger partial charge in [-0.3, -0.25) is 4.90 Å². The van der Waals surface area contributed by atoms with Crippen molar-refractivity contribution in [2.45, 2.75) is 25.7 Å². The van der Waals surface area contributed by atoms with Gasteiger partial charge in [-0.1, -0.05) is 0 Å². The Hall–Kier alpha value is -0.370. The Kier molecular flexibility index (Phi) is 5.39. The van der Waals surface area contributed by atoms with Crippen molar-refractivity contribution in [2.24, 2.45) is 0 Å². The normalized spacial score (nSPS) is 21.7. The van der Waals surface area contributed by atoms with E-state index in [0.717, 1.165) is 37.2 Å². The maximum absolute atomic E-state index is 12.4. The van der Waals surface area contributed by atoms with E-state index in [-0.39, 0.29) is 12.4 Å². The third-order valence-corrected chi connectivity index (χ3v) is 3.67. The molecule has 0 unspecified atom stereocenters. The molecule has 0 radical (unpaired) electrons. The van der Waals surface area contributed by atoms with E-state index in [1.54, 1.807) is 0 Å². The quantitative estimate of drug-likeness (QED) is 0.909. The first-order valence-corrected chi connectivity index (χ1v) is 6.24. The summed E-state index contributed by atoms with van der Waals surface area (Å²) < 4.78 is 37.2. The summed E-state index contributed by atoms with van der Waals surface area (Å²) in [5, 5.41) is 3.82. The summed E-state index contributed by atoms with van der Waals surface area (Å²) in [5.41, 5.74) is 0. The summed E-state index contributed by atoms with van der Waals surface area (Å²) in [7, 11) is 0. The fourth-order valence-corrected chi connectivity index (χ4v) is 2.69. The third kappa shape index (κ3) is 4.08. The Morgan fingerprint density at radius 2 is 2.28 bits per heavy atom. The Balaban J connectivity index is 0.00000162. The molecule has 3 nitrogen and oxygen atoms in total. The molecular weight excluding hydrogens is 287 g/mol. The molecule has 0 bridgehead atoms. The van der Waals surface area contributed by atoms with Crippen molar-refractivity contribution in [1.82, 2.24) is 15.2 Å². The highest BCUT2D eigenvalue weighted by atomic mass is 35.5. The molecule has 1 N–H and O–H groups in total. The average molecular weight is 302 g/mol. The highest BCUT2D eigenvalue weighted by Gasteiger charge is 2.33. The number of hydrogen-bond acceptors (Lipinski definition) is 4. The van der Waals surface area contributed by atoms with E-state index in [4.69, 9.17) is 0 Å². The standard InChI is InChI=1S/C10H14F3N3S.ClH/c1-7-5-16(3-2-14-7)6-9-15-4-8(17-9)10(11,12)13;/h4,7,14H,2-3,5-6H2,1H3;1H/t7-;/m0./s1. The Morgan fingerprint density at radius 1 is 1.56 bits per heavy atom. The maximum Gasteiger partial charge on any atom is 0.427 e. The molecule has 0 aliphatic carbocycles. The van der Waals surface area contributed by atoms with Crippen LogP contribution < -0.4 is 5.32 Å². The lowest BCUT2D eigenvalue weighted by Crippen LogP contribution is -2.48. The minimum Gasteiger partial charge on any atom is -0.312 e. The van der Waals surface area contributed by atoms with Crippen LogP contribution in [0.5, 0.6) is 0 Å². The van der Waals surface area contributed by atoms with Crippen molar-refractivity contribution in [3.63, 3.8) is 0 Å². The molecule has 1 aromatic rings. The summed E-state index contributed by atoms with van der Waals surface area (Å²) >= 11 is 0.737. The van der Waals surface area contributed by atoms with Gasteiger partial charge in [0.15, 0.2) is 0 Å². The smallest absolute Gasteiger partial charge is 0.312 e. The van der Waals surface area contributed by atoms with Gasteiger partial charge in [0.2, 0.25) is 0 Å². The van der Waals surface area contributed by atoms with Crippen molar-refractivity contribution in [1.29, 1.82) is 0 Å². The summed E-state index contributed by atoms with van der Waals surface area (Å²) in [6, 6.07) is 0.380. The fourth-order valence-electron chi connectivity index (χ4n) is 1.86. The van der Waals surface area contributed by atoms with E-state index >= 15 is 0 Å². The summed E-state index contributed by atoms with van der Waals surface area (Å²) in [6.07, 6.45) is -3.35. The summed E-state index contributed by atoms with van der Waals surface area (Å²) in [5.74, 6) is 0. The van der Waals surface area contributed by atoms with Crippen molar-refractivity contribution >= 4 is 23.7 Å². The summed E-state index contributed by atoms with van der Waals surface area (Å²) in [4.78, 5) is 5.35. The molecular formula is C10H15ClF3N3S. The highest BCUT2D eigenvalue weighted by Crippen LogP contribution is 2.33. The number of alkyl halides is 3. The molecule has 8 heteroatoms. The largest absolute Gasteiger partial charge is 0.427 e. The predicted molar refractivity (Wildman–Crippen MR) is 67.1 cm³/mol. The number of nitrogens with zero attached hydrogens (tertiary/aromatic N) is 2. The van der Waals surface area contributed by atoms with Crippen LogP contribution in [0.25, 0.3) is 0 Å². The number of hydrogen-bond donors (Lipinski definition) is 1. The third-order valence-electron chi connectivity index (χ3n) is 2.64. The first kappa shape index (κ1) is 15.7. The van der Waals surface area contributed by atoms with Crippen molar-refractivity contribution < 1.29 is 13.2 Å². The zero-order valence-electron chi connectivity index (χ0n) is 9.83. The molecule has 18 heavy (non-hydrogen) atoms. The van der Waals surface area contributed by atoms with Gasteiger partial charge in [0, 0.05) is 25.7 Å². The van der Waals surface area contributed by atoms with Crippen LogP contribution >= 0.6 is 23.7 Å². The number of halogens is 4. The van der Waals surface area contributed by atoms with Crippen LogP contribution in [-0.4, -0.2) is 35.6 Å². The van der Waals surface area contributed by atoms with Crippen LogP contribution in [0, 0.1) is 0 Å². The second-order valence-electron chi connectivity index (χ2n) is 4.21. The molecule has 2 heterocycles. The second kappa shape index (κ2) is 6.18. The molecule has 0 saturated carbocycles. The Morgan fingerprint density at radius 3 is 2.83 bits per heavy atom. The topological polar surface area (TPSA) is 28.2 Å². The molecule has 0 amide bonds. The molecule has 1 saturated heterocycles. The van der Waals surface area contributed by atoms with Crippen molar-refractivity contribution in [3.8, 4) is 0 Å². The van der Waals surface area contributed by atoms with Crippen LogP contribution in [0.4, 0.5) is 13.2 Å². The van der Waals surface area contributed by atoms with E-state index in [1.807, 2.05) is 0 Å². The van der Waals surface area contributed by atoms with Gasteiger partial charge in [-0.05, 0) is 6.92 Å². The molecule has 1 aromatic heterocycles. The van der Waals surface area contributed by atoms with Crippen LogP contribution in [0.15, 0.2) is 6.20 Å². The zero-order chi connectivity index (χ0) is 12.5. The number of rotatable bonds is 2. The van der Waals surface area contributed by atoms with Gasteiger partial charge in [-0.15, -0.1) is 23.7 Å². The molecule has 104 valence electrons. The van der Waals surface area contributed by atoms with E-state index in [2.05, 4.69) is 22.1 Å². The van der Waals surface area contributed by atoms with Crippen LogP contribution in [0.3, 0.4) is 0 Å². The zero-order valence-corrected chi connectivity index (χ0v) is 11.5. The Bertz CT molecular complexity index is 383. The van der Waals surface area contributed by atoms with E-state index in [0.29, 0.717) is 17.6 Å². The molecule has 0 spiro atoms. The minimum absolute atomic E-state index is 0. The van der Waals surface area contributed by atoms with Crippen molar-refractivity contribution in [3.05, 3.63) is 16.1 Å². The molecule has 0 aromatic carbocycles. The van der Waals surface area contributed by atoms with Crippen molar-refractivity contribution in [2.75, 3.05) is 19.6 Å². The fraction of sp³-hybridized carbons (Fsp3) is 0.700. The van der Waals surface area contributed by atoms with Gasteiger partial charge < -0.3 is 5.32 Å². The van der Waals surface area contributed by atoms with E-state index < -0.39 is 11.1 Å². The lowest BCUT2D eigenvalue weighted by molar-refractivity contribution is -0.134. The summed E-state index contributed by atoms with van der Waals surface area (Å²) in [6.45, 7) is 5.15. The van der Waals surface area contributed by atoms with Gasteiger partial charge in [0.05, 0.1) is 12.7 Å². The predicted octanol–water partition coefficient (Wildman–Crippen LogP) is 2.38. The number of piperazine rings is 1. The molecule has 1 aliphatic rings. The number of aromatic nitrogens is 1. The van der Waals surface area contributed by atoms with Gasteiger partial charge in [-0.25, -0.2) is 4.98 Å². The monoisotopic (exact) mass is 301 g/mol. The lowest BCUT2D eigenvalue weighted by Gasteiger charge is -2.31. The molecule has 2 rings (SSSR count). The first-order valence-electron chi connectivity index (χ1n) is 5.43. The minimum atomic E-state index is -4.27. The molecule has 1 fully saturated rings. The number of nitrogens with one attached hydrogen (secondary N) is 1. The highest BCUT2D eigenvalue weighted by molar-refractivity contribution is 7.11. The van der Waals surface area contributed by atoms with Crippen LogP contribution in [0.1, 0.15) is 16.8 Å². The van der Waals surface area contributed by atoms with Gasteiger partial charge >= 0.3 is 6.18 Å². The molecule has 1 aliphatic heterocycles. The number of thiazole rings is 1. The van der Waals surface area contributed by atoms with E-state index in [9.17, 15) is 13.2 Å². The van der Waals surface area contributed by atoms with Crippen LogP contribution in [-0.2, 0) is 12.7 Å². The van der Waals surface area contributed by atoms with Gasteiger partial charge in [-0.2, -0.15) is 13.2 Å². The average Bonchev–Trinajstić information content (AvgIpc) is 2.65.